The quantitative estimate of drug-likeness (QED) is 0.103. The number of phenolic OH excluding ortho intramolecular Hbond substituents is 1. The number of hydrogen-bond acceptors (Lipinski definition) is 11. The van der Waals surface area contributed by atoms with Crippen molar-refractivity contribution in [2.75, 3.05) is 55.7 Å². The molecule has 7 rings (SSSR count). The summed E-state index contributed by atoms with van der Waals surface area (Å²) < 4.78 is 39.1. The molecule has 1 saturated carbocycles. The summed E-state index contributed by atoms with van der Waals surface area (Å²) in [6.45, 7) is 5.27. The Morgan fingerprint density at radius 2 is 1.66 bits per heavy atom. The van der Waals surface area contributed by atoms with E-state index in [0.717, 1.165) is 49.2 Å². The molecule has 3 aromatic carbocycles. The number of carbonyl (C=O) groups excluding carboxylic acids is 2. The van der Waals surface area contributed by atoms with Gasteiger partial charge in [-0.25, -0.2) is 4.79 Å². The number of aromatic amines is 1. The Morgan fingerprint density at radius 1 is 0.946 bits per heavy atom. The topological polar surface area (TPSA) is 138 Å². The van der Waals surface area contributed by atoms with Crippen LogP contribution in [0.1, 0.15) is 46.1 Å². The Balaban J connectivity index is 0.000000432. The van der Waals surface area contributed by atoms with Gasteiger partial charge in [-0.15, -0.1) is 19.4 Å². The maximum Gasteiger partial charge on any atom is 0.338 e. The highest BCUT2D eigenvalue weighted by atomic mass is 16.6. The maximum atomic E-state index is 13.5. The molecule has 12 heteroatoms. The number of esters is 2. The smallest absolute Gasteiger partial charge is 0.338 e. The van der Waals surface area contributed by atoms with Gasteiger partial charge in [0.1, 0.15) is 23.7 Å². The zero-order valence-electron chi connectivity index (χ0n) is 32.9. The number of phenols is 1. The molecule has 2 aliphatic heterocycles. The molecule has 56 heavy (non-hydrogen) atoms. The number of para-hydroxylation sites is 1. The van der Waals surface area contributed by atoms with Crippen LogP contribution in [-0.2, 0) is 31.8 Å². The van der Waals surface area contributed by atoms with E-state index in [0.29, 0.717) is 29.4 Å². The zero-order chi connectivity index (χ0) is 40.5. The highest BCUT2D eigenvalue weighted by Gasteiger charge is 2.54. The third kappa shape index (κ3) is 8.29. The Morgan fingerprint density at radius 3 is 2.27 bits per heavy atom. The van der Waals surface area contributed by atoms with Crippen LogP contribution >= 0.6 is 0 Å². The second-order valence-electron chi connectivity index (χ2n) is 13.8. The van der Waals surface area contributed by atoms with E-state index in [1.54, 1.807) is 38.5 Å². The van der Waals surface area contributed by atoms with Crippen LogP contribution in [0.4, 0.5) is 0 Å². The van der Waals surface area contributed by atoms with Crippen molar-refractivity contribution < 1.29 is 47.9 Å². The molecule has 0 bridgehead atoms. The first-order chi connectivity index (χ1) is 27.2. The number of nitrogens with one attached hydrogen (secondary N) is 1. The van der Waals surface area contributed by atoms with Gasteiger partial charge in [-0.05, 0) is 79.0 Å². The lowest BCUT2D eigenvalue weighted by Crippen LogP contribution is -2.58. The SMILES string of the molecule is C#C.C=CCc1ccccc1O.COC(=O)[C@H]1[C@H]2C[C@@H]3c4[nH]c5cc(OC)ccc5c4CCN3C[C@H]2C[C@@H](OC(=O)c2cc(OC)c(OC)c(OC)c2)[C@@H]1OC. The number of benzene rings is 3. The van der Waals surface area contributed by atoms with Crippen LogP contribution in [-0.4, -0.2) is 94.9 Å². The molecule has 1 aromatic heterocycles. The third-order valence-corrected chi connectivity index (χ3v) is 11.1. The van der Waals surface area contributed by atoms with E-state index in [9.17, 15) is 14.7 Å². The molecule has 1 aliphatic carbocycles. The Kier molecular flexibility index (Phi) is 13.9. The minimum absolute atomic E-state index is 0.0170. The van der Waals surface area contributed by atoms with Gasteiger partial charge >= 0.3 is 11.9 Å². The third-order valence-electron chi connectivity index (χ3n) is 11.1. The Labute approximate surface area is 328 Å². The fraction of sp³-hybridized carbons (Fsp3) is 0.409. The summed E-state index contributed by atoms with van der Waals surface area (Å²) in [6.07, 6.45) is 11.4. The number of fused-ring (bicyclic) bond motifs is 6. The van der Waals surface area contributed by atoms with Crippen molar-refractivity contribution in [3.05, 3.63) is 89.6 Å². The van der Waals surface area contributed by atoms with Gasteiger partial charge in [0.2, 0.25) is 5.75 Å². The molecular weight excluding hydrogens is 716 g/mol. The highest BCUT2D eigenvalue weighted by Crippen LogP contribution is 2.51. The first-order valence-electron chi connectivity index (χ1n) is 18.4. The summed E-state index contributed by atoms with van der Waals surface area (Å²) in [5.41, 5.74) is 4.76. The molecule has 2 fully saturated rings. The van der Waals surface area contributed by atoms with E-state index >= 15 is 0 Å². The summed E-state index contributed by atoms with van der Waals surface area (Å²) in [4.78, 5) is 33.1. The number of hydrogen-bond donors (Lipinski definition) is 2. The fourth-order valence-electron chi connectivity index (χ4n) is 8.60. The monoisotopic (exact) mass is 768 g/mol. The van der Waals surface area contributed by atoms with Crippen molar-refractivity contribution in [2.24, 2.45) is 17.8 Å². The fourth-order valence-corrected chi connectivity index (χ4v) is 8.60. The molecule has 0 spiro atoms. The van der Waals surface area contributed by atoms with E-state index in [1.165, 1.54) is 45.1 Å². The van der Waals surface area contributed by atoms with Crippen molar-refractivity contribution in [1.82, 2.24) is 9.88 Å². The first-order valence-corrected chi connectivity index (χ1v) is 18.4. The van der Waals surface area contributed by atoms with Gasteiger partial charge in [-0.3, -0.25) is 9.69 Å². The van der Waals surface area contributed by atoms with Gasteiger partial charge in [0, 0.05) is 42.9 Å². The molecule has 1 saturated heterocycles. The largest absolute Gasteiger partial charge is 0.508 e. The molecule has 2 N–H and O–H groups in total. The summed E-state index contributed by atoms with van der Waals surface area (Å²) in [7, 11) is 9.10. The van der Waals surface area contributed by atoms with Crippen LogP contribution in [0.25, 0.3) is 10.9 Å². The summed E-state index contributed by atoms with van der Waals surface area (Å²) in [5.74, 6) is 0.790. The van der Waals surface area contributed by atoms with Crippen molar-refractivity contribution in [1.29, 1.82) is 0 Å². The normalized spacial score (nSPS) is 22.2. The number of aromatic hydroxyl groups is 1. The van der Waals surface area contributed by atoms with Crippen LogP contribution in [0, 0.1) is 30.6 Å². The van der Waals surface area contributed by atoms with Crippen molar-refractivity contribution in [3.8, 4) is 41.6 Å². The number of H-pyrrole nitrogens is 1. The van der Waals surface area contributed by atoms with Gasteiger partial charge in [0.15, 0.2) is 11.5 Å². The Bertz CT molecular complexity index is 2000. The minimum Gasteiger partial charge on any atom is -0.508 e. The average molecular weight is 769 g/mol. The summed E-state index contributed by atoms with van der Waals surface area (Å²) >= 11 is 0. The molecule has 298 valence electrons. The number of carbonyl (C=O) groups is 2. The number of aromatic nitrogens is 1. The lowest BCUT2D eigenvalue weighted by molar-refractivity contribution is -0.176. The van der Waals surface area contributed by atoms with Crippen LogP contribution in [0.3, 0.4) is 0 Å². The van der Waals surface area contributed by atoms with Crippen LogP contribution in [0.5, 0.6) is 28.7 Å². The van der Waals surface area contributed by atoms with E-state index in [1.807, 2.05) is 30.3 Å². The zero-order valence-corrected chi connectivity index (χ0v) is 32.9. The molecule has 12 nitrogen and oxygen atoms in total. The van der Waals surface area contributed by atoms with Crippen molar-refractivity contribution in [3.63, 3.8) is 0 Å². The van der Waals surface area contributed by atoms with E-state index in [2.05, 4.69) is 35.4 Å². The number of methoxy groups -OCH3 is 6. The van der Waals surface area contributed by atoms with Gasteiger partial charge in [-0.1, -0.05) is 24.3 Å². The second-order valence-corrected chi connectivity index (χ2v) is 13.8. The molecule has 0 amide bonds. The second kappa shape index (κ2) is 18.8. The Hall–Kier alpha value is -5.64. The maximum absolute atomic E-state index is 13.5. The highest BCUT2D eigenvalue weighted by molar-refractivity contribution is 5.91. The predicted octanol–water partition coefficient (Wildman–Crippen LogP) is 6.54. The van der Waals surface area contributed by atoms with E-state index in [4.69, 9.17) is 33.2 Å². The standard InChI is InChI=1S/C33H40N2O9.C9H10O.C2H2/c1-38-19-7-8-20-21-9-10-35-16-18-13-27(44-32(36)17-11-25(39-2)30(41-4)26(12-17)40-3)31(42-5)28(33(37)43-6)22(18)15-24(35)29(21)34-23(20)14-19;1-2-5-8-6-3-4-7-9(8)10;1-2/h7-8,11-12,14,18,22,24,27-28,31,34H,9-10,13,15-16H2,1-6H3;2-4,6-7,10H,1,5H2;1-2H/t18-,22+,24-,27-,28+,31+;;/m1../s1. The van der Waals surface area contributed by atoms with Gasteiger partial charge < -0.3 is 43.2 Å². The average Bonchev–Trinajstić information content (AvgIpc) is 3.61. The predicted molar refractivity (Wildman–Crippen MR) is 213 cm³/mol. The number of piperidine rings is 1. The molecule has 0 radical (unpaired) electrons. The number of rotatable bonds is 10. The van der Waals surface area contributed by atoms with Crippen molar-refractivity contribution in [2.45, 2.75) is 43.9 Å². The number of ether oxygens (including phenoxy) is 7. The molecular formula is C44H52N2O10. The molecule has 4 aromatic rings. The number of allylic oxidation sites excluding steroid dienone is 1. The number of nitrogens with zero attached hydrogens (tertiary/aromatic N) is 1. The lowest BCUT2D eigenvalue weighted by atomic mass is 9.63. The van der Waals surface area contributed by atoms with Gasteiger partial charge in [0.25, 0.3) is 0 Å². The van der Waals surface area contributed by atoms with Crippen LogP contribution in [0.2, 0.25) is 0 Å². The molecule has 6 atom stereocenters. The first kappa shape index (κ1) is 41.5. The molecule has 3 heterocycles. The molecule has 3 aliphatic rings. The van der Waals surface area contributed by atoms with Crippen LogP contribution in [0.15, 0.2) is 67.3 Å². The lowest BCUT2D eigenvalue weighted by Gasteiger charge is -2.52. The summed E-state index contributed by atoms with van der Waals surface area (Å²) in [6, 6.07) is 16.7. The van der Waals surface area contributed by atoms with Gasteiger partial charge in [-0.2, -0.15) is 0 Å². The number of terminal acetylenes is 1. The molecule has 0 unspecified atom stereocenters. The van der Waals surface area contributed by atoms with E-state index < -0.39 is 24.1 Å². The van der Waals surface area contributed by atoms with Crippen molar-refractivity contribution >= 4 is 22.8 Å². The summed E-state index contributed by atoms with van der Waals surface area (Å²) in [5, 5.41) is 10.4. The van der Waals surface area contributed by atoms with Crippen LogP contribution < -0.4 is 18.9 Å². The van der Waals surface area contributed by atoms with Gasteiger partial charge in [0.05, 0.1) is 53.1 Å². The minimum atomic E-state index is -0.670. The van der Waals surface area contributed by atoms with E-state index in [-0.39, 0.29) is 29.4 Å².